The number of nitrogens with one attached hydrogen (secondary N) is 2. The van der Waals surface area contributed by atoms with Gasteiger partial charge in [0.1, 0.15) is 17.2 Å². The lowest BCUT2D eigenvalue weighted by Gasteiger charge is -2.30. The molecule has 2 aromatic rings. The third-order valence-corrected chi connectivity index (χ3v) is 3.95. The number of hydrogen-bond donors (Lipinski definition) is 2. The Kier molecular flexibility index (Phi) is 4.35. The molecule has 0 spiro atoms. The molecule has 2 rings (SSSR count). The summed E-state index contributed by atoms with van der Waals surface area (Å²) in [5.74, 6) is -0.306. The molecule has 0 unspecified atom stereocenters. The van der Waals surface area contributed by atoms with Gasteiger partial charge in [-0.25, -0.2) is 4.39 Å². The molecule has 0 aliphatic carbocycles. The molecule has 118 valence electrons. The van der Waals surface area contributed by atoms with E-state index in [0.29, 0.717) is 17.9 Å². The summed E-state index contributed by atoms with van der Waals surface area (Å²) in [6, 6.07) is 6.04. The Morgan fingerprint density at radius 1 is 1.05 bits per heavy atom. The Bertz CT molecular complexity index is 723. The lowest BCUT2D eigenvalue weighted by Crippen LogP contribution is -2.41. The van der Waals surface area contributed by atoms with E-state index in [1.807, 2.05) is 6.92 Å². The first-order valence-electron chi connectivity index (χ1n) is 7.28. The van der Waals surface area contributed by atoms with E-state index in [1.54, 1.807) is 12.1 Å². The molecule has 0 amide bonds. The van der Waals surface area contributed by atoms with Gasteiger partial charge in [-0.3, -0.25) is 9.59 Å². The van der Waals surface area contributed by atoms with Crippen molar-refractivity contribution in [1.82, 2.24) is 0 Å². The number of benzene rings is 1. The molecular formula is C17H21FN2O2. The fraction of sp³-hybridized carbons (Fsp3) is 0.412. The monoisotopic (exact) mass is 304 g/mol. The van der Waals surface area contributed by atoms with E-state index in [2.05, 4.69) is 31.4 Å². The van der Waals surface area contributed by atoms with Crippen molar-refractivity contribution < 1.29 is 4.39 Å². The van der Waals surface area contributed by atoms with Crippen LogP contribution < -0.4 is 21.5 Å². The van der Waals surface area contributed by atoms with Crippen LogP contribution in [0.15, 0.2) is 33.9 Å². The fourth-order valence-corrected chi connectivity index (χ4v) is 1.92. The lowest BCUT2D eigenvalue weighted by molar-refractivity contribution is 0.359. The topological polar surface area (TPSA) is 58.2 Å². The first-order valence-corrected chi connectivity index (χ1v) is 7.28. The fourth-order valence-electron chi connectivity index (χ4n) is 1.92. The second-order valence-electron chi connectivity index (χ2n) is 6.62. The van der Waals surface area contributed by atoms with Gasteiger partial charge in [0.2, 0.25) is 0 Å². The summed E-state index contributed by atoms with van der Waals surface area (Å²) in [5.41, 5.74) is 0.459. The minimum atomic E-state index is -0.509. The number of hydrogen-bond acceptors (Lipinski definition) is 4. The highest BCUT2D eigenvalue weighted by molar-refractivity contribution is 5.74. The molecule has 0 aliphatic rings. The zero-order chi connectivity index (χ0) is 16.5. The number of anilines is 2. The lowest BCUT2D eigenvalue weighted by atomic mass is 9.87. The Hall–Kier alpha value is -2.17. The maximum atomic E-state index is 12.9. The van der Waals surface area contributed by atoms with Gasteiger partial charge in [0.15, 0.2) is 0 Å². The van der Waals surface area contributed by atoms with E-state index in [1.165, 1.54) is 12.1 Å². The minimum Gasteiger partial charge on any atom is -0.377 e. The van der Waals surface area contributed by atoms with Crippen LogP contribution in [0.3, 0.4) is 0 Å². The summed E-state index contributed by atoms with van der Waals surface area (Å²) in [4.78, 5) is 23.4. The SMILES string of the molecule is C[C@@H](Nc1c(NCc2ccc(F)cc2)c(=O)c1=O)C(C)(C)C. The van der Waals surface area contributed by atoms with Crippen LogP contribution in [0.1, 0.15) is 33.3 Å². The second-order valence-corrected chi connectivity index (χ2v) is 6.62. The summed E-state index contributed by atoms with van der Waals surface area (Å²) in [6.07, 6.45) is 0. The summed E-state index contributed by atoms with van der Waals surface area (Å²) < 4.78 is 12.9. The normalized spacial score (nSPS) is 13.1. The van der Waals surface area contributed by atoms with E-state index >= 15 is 0 Å². The zero-order valence-electron chi connectivity index (χ0n) is 13.3. The third kappa shape index (κ3) is 3.35. The van der Waals surface area contributed by atoms with Gasteiger partial charge in [0.25, 0.3) is 10.9 Å². The van der Waals surface area contributed by atoms with Gasteiger partial charge in [-0.05, 0) is 30.0 Å². The van der Waals surface area contributed by atoms with Crippen LogP contribution in [0, 0.1) is 11.2 Å². The van der Waals surface area contributed by atoms with Crippen molar-refractivity contribution >= 4 is 11.4 Å². The van der Waals surface area contributed by atoms with Gasteiger partial charge in [0, 0.05) is 12.6 Å². The molecule has 22 heavy (non-hydrogen) atoms. The number of halogens is 1. The Morgan fingerprint density at radius 2 is 1.59 bits per heavy atom. The van der Waals surface area contributed by atoms with E-state index in [4.69, 9.17) is 0 Å². The molecule has 0 saturated carbocycles. The molecule has 2 aromatic carbocycles. The molecule has 4 nitrogen and oxygen atoms in total. The van der Waals surface area contributed by atoms with Crippen LogP contribution in [-0.4, -0.2) is 6.04 Å². The van der Waals surface area contributed by atoms with Crippen molar-refractivity contribution in [3.8, 4) is 0 Å². The molecule has 0 radical (unpaired) electrons. The van der Waals surface area contributed by atoms with Crippen LogP contribution in [-0.2, 0) is 6.54 Å². The first kappa shape index (κ1) is 16.2. The van der Waals surface area contributed by atoms with Crippen LogP contribution in [0.5, 0.6) is 0 Å². The summed E-state index contributed by atoms with van der Waals surface area (Å²) in [7, 11) is 0. The molecule has 0 heterocycles. The average Bonchev–Trinajstić information content (AvgIpc) is 2.46. The van der Waals surface area contributed by atoms with E-state index in [-0.39, 0.29) is 17.3 Å². The third-order valence-electron chi connectivity index (χ3n) is 3.95. The van der Waals surface area contributed by atoms with Gasteiger partial charge in [0.05, 0.1) is 0 Å². The molecule has 2 N–H and O–H groups in total. The van der Waals surface area contributed by atoms with Crippen molar-refractivity contribution in [1.29, 1.82) is 0 Å². The van der Waals surface area contributed by atoms with Crippen LogP contribution >= 0.6 is 0 Å². The second kappa shape index (κ2) is 5.91. The Labute approximate surface area is 129 Å². The highest BCUT2D eigenvalue weighted by atomic mass is 19.1. The minimum absolute atomic E-state index is 0.0337. The smallest absolute Gasteiger partial charge is 0.253 e. The van der Waals surface area contributed by atoms with Gasteiger partial charge in [-0.1, -0.05) is 32.9 Å². The quantitative estimate of drug-likeness (QED) is 0.834. The maximum Gasteiger partial charge on any atom is 0.253 e. The van der Waals surface area contributed by atoms with E-state index < -0.39 is 10.9 Å². The van der Waals surface area contributed by atoms with Crippen LogP contribution in [0.4, 0.5) is 15.8 Å². The van der Waals surface area contributed by atoms with Gasteiger partial charge in [-0.2, -0.15) is 0 Å². The zero-order valence-corrected chi connectivity index (χ0v) is 13.3. The molecule has 0 aliphatic heterocycles. The summed E-state index contributed by atoms with van der Waals surface area (Å²) >= 11 is 0. The molecule has 0 bridgehead atoms. The molecule has 5 heteroatoms. The van der Waals surface area contributed by atoms with E-state index in [0.717, 1.165) is 5.56 Å². The highest BCUT2D eigenvalue weighted by Gasteiger charge is 2.26. The van der Waals surface area contributed by atoms with Crippen molar-refractivity contribution in [3.05, 3.63) is 56.1 Å². The Balaban J connectivity index is 2.09. The van der Waals surface area contributed by atoms with Gasteiger partial charge >= 0.3 is 0 Å². The van der Waals surface area contributed by atoms with Crippen molar-refractivity contribution in [2.45, 2.75) is 40.3 Å². The maximum absolute atomic E-state index is 12.9. The van der Waals surface area contributed by atoms with Crippen LogP contribution in [0.25, 0.3) is 0 Å². The standard InChI is InChI=1S/C17H21FN2O2/c1-10(17(2,3)4)20-14-13(15(21)16(14)22)19-9-11-5-7-12(18)8-6-11/h5-8,10,19-20H,9H2,1-4H3/t10-/m1/s1. The van der Waals surface area contributed by atoms with Gasteiger partial charge in [-0.15, -0.1) is 0 Å². The molecule has 0 saturated heterocycles. The van der Waals surface area contributed by atoms with Crippen LogP contribution in [0.2, 0.25) is 0 Å². The van der Waals surface area contributed by atoms with Gasteiger partial charge < -0.3 is 10.6 Å². The van der Waals surface area contributed by atoms with Crippen molar-refractivity contribution in [3.63, 3.8) is 0 Å². The van der Waals surface area contributed by atoms with Crippen molar-refractivity contribution in [2.24, 2.45) is 5.41 Å². The van der Waals surface area contributed by atoms with Crippen molar-refractivity contribution in [2.75, 3.05) is 10.6 Å². The number of rotatable bonds is 5. The highest BCUT2D eigenvalue weighted by Crippen LogP contribution is 2.24. The first-order chi connectivity index (χ1) is 10.2. The molecule has 1 atom stereocenters. The Morgan fingerprint density at radius 3 is 2.14 bits per heavy atom. The van der Waals surface area contributed by atoms with E-state index in [9.17, 15) is 14.0 Å². The molecule has 0 aromatic heterocycles. The molecule has 0 fully saturated rings. The average molecular weight is 304 g/mol. The summed E-state index contributed by atoms with van der Waals surface area (Å²) in [6.45, 7) is 8.51. The molecular weight excluding hydrogens is 283 g/mol. The summed E-state index contributed by atoms with van der Waals surface area (Å²) in [5, 5.41) is 6.08. The largest absolute Gasteiger partial charge is 0.377 e. The predicted molar refractivity (Wildman–Crippen MR) is 87.6 cm³/mol. The predicted octanol–water partition coefficient (Wildman–Crippen LogP) is 2.88.